The van der Waals surface area contributed by atoms with E-state index in [0.717, 1.165) is 28.1 Å². The molecule has 6 heteroatoms. The summed E-state index contributed by atoms with van der Waals surface area (Å²) >= 11 is 1.51. The molecule has 0 aliphatic heterocycles. The molecular weight excluding hydrogens is 286 g/mol. The summed E-state index contributed by atoms with van der Waals surface area (Å²) in [7, 11) is 0. The van der Waals surface area contributed by atoms with Crippen molar-refractivity contribution in [1.29, 1.82) is 0 Å². The largest absolute Gasteiger partial charge is 0.352 e. The van der Waals surface area contributed by atoms with E-state index < -0.39 is 0 Å². The SMILES string of the molecule is CCC[C@H](C)NC(=O)Cn1cnc2sc(C)c(C)c2c1=O. The summed E-state index contributed by atoms with van der Waals surface area (Å²) in [5, 5.41) is 3.53. The fourth-order valence-corrected chi connectivity index (χ4v) is 3.35. The first-order valence-electron chi connectivity index (χ1n) is 7.18. The molecule has 0 saturated carbocycles. The van der Waals surface area contributed by atoms with Crippen LogP contribution in [0.15, 0.2) is 11.1 Å². The summed E-state index contributed by atoms with van der Waals surface area (Å²) in [4.78, 5) is 30.6. The average Bonchev–Trinajstić information content (AvgIpc) is 2.69. The van der Waals surface area contributed by atoms with Crippen molar-refractivity contribution in [3.05, 3.63) is 27.1 Å². The summed E-state index contributed by atoms with van der Waals surface area (Å²) in [5.41, 5.74) is 0.821. The number of amides is 1. The highest BCUT2D eigenvalue weighted by Gasteiger charge is 2.14. The zero-order valence-corrected chi connectivity index (χ0v) is 13.7. The fraction of sp³-hybridized carbons (Fsp3) is 0.533. The molecule has 2 rings (SSSR count). The number of aromatic nitrogens is 2. The van der Waals surface area contributed by atoms with E-state index in [1.165, 1.54) is 22.2 Å². The number of carbonyl (C=O) groups excluding carboxylic acids is 1. The number of thiophene rings is 1. The molecule has 0 spiro atoms. The molecule has 1 N–H and O–H groups in total. The monoisotopic (exact) mass is 307 g/mol. The van der Waals surface area contributed by atoms with Gasteiger partial charge >= 0.3 is 0 Å². The Balaban J connectivity index is 2.23. The molecule has 0 radical (unpaired) electrons. The van der Waals surface area contributed by atoms with E-state index in [-0.39, 0.29) is 24.1 Å². The van der Waals surface area contributed by atoms with Crippen molar-refractivity contribution < 1.29 is 4.79 Å². The van der Waals surface area contributed by atoms with Crippen LogP contribution in [-0.2, 0) is 11.3 Å². The highest BCUT2D eigenvalue weighted by molar-refractivity contribution is 7.18. The third-order valence-electron chi connectivity index (χ3n) is 3.60. The van der Waals surface area contributed by atoms with E-state index in [0.29, 0.717) is 5.39 Å². The van der Waals surface area contributed by atoms with E-state index in [9.17, 15) is 9.59 Å². The zero-order valence-electron chi connectivity index (χ0n) is 12.9. The van der Waals surface area contributed by atoms with Crippen LogP contribution in [0.4, 0.5) is 0 Å². The summed E-state index contributed by atoms with van der Waals surface area (Å²) in [5.74, 6) is -0.149. The van der Waals surface area contributed by atoms with Gasteiger partial charge in [0.25, 0.3) is 5.56 Å². The van der Waals surface area contributed by atoms with Gasteiger partial charge < -0.3 is 5.32 Å². The van der Waals surface area contributed by atoms with Crippen molar-refractivity contribution in [2.45, 2.75) is 53.1 Å². The lowest BCUT2D eigenvalue weighted by molar-refractivity contribution is -0.122. The molecule has 1 amide bonds. The fourth-order valence-electron chi connectivity index (χ4n) is 2.36. The van der Waals surface area contributed by atoms with Crippen LogP contribution in [0.2, 0.25) is 0 Å². The average molecular weight is 307 g/mol. The van der Waals surface area contributed by atoms with Crippen molar-refractivity contribution in [3.63, 3.8) is 0 Å². The normalized spacial score (nSPS) is 12.6. The number of nitrogens with zero attached hydrogens (tertiary/aromatic N) is 2. The van der Waals surface area contributed by atoms with Crippen LogP contribution in [0, 0.1) is 13.8 Å². The molecule has 114 valence electrons. The minimum atomic E-state index is -0.149. The molecule has 0 aliphatic rings. The van der Waals surface area contributed by atoms with Gasteiger partial charge in [0, 0.05) is 10.9 Å². The van der Waals surface area contributed by atoms with E-state index in [4.69, 9.17) is 0 Å². The van der Waals surface area contributed by atoms with Crippen LogP contribution in [-0.4, -0.2) is 21.5 Å². The quantitative estimate of drug-likeness (QED) is 0.922. The first kappa shape index (κ1) is 15.7. The van der Waals surface area contributed by atoms with Gasteiger partial charge in [-0.05, 0) is 32.8 Å². The minimum Gasteiger partial charge on any atom is -0.352 e. The van der Waals surface area contributed by atoms with Gasteiger partial charge in [0.05, 0.1) is 11.7 Å². The summed E-state index contributed by atoms with van der Waals surface area (Å²) in [6.45, 7) is 7.96. The molecule has 1 atom stereocenters. The molecule has 5 nitrogen and oxygen atoms in total. The molecule has 0 fully saturated rings. The summed E-state index contributed by atoms with van der Waals surface area (Å²) in [6, 6.07) is 0.125. The molecule has 0 bridgehead atoms. The number of fused-ring (bicyclic) bond motifs is 1. The number of nitrogens with one attached hydrogen (secondary N) is 1. The van der Waals surface area contributed by atoms with Gasteiger partial charge in [-0.3, -0.25) is 14.2 Å². The molecule has 0 aliphatic carbocycles. The Labute approximate surface area is 128 Å². The lowest BCUT2D eigenvalue weighted by atomic mass is 10.2. The number of rotatable bonds is 5. The van der Waals surface area contributed by atoms with E-state index in [1.54, 1.807) is 0 Å². The molecule has 0 unspecified atom stereocenters. The smallest absolute Gasteiger partial charge is 0.262 e. The Morgan fingerprint density at radius 3 is 2.86 bits per heavy atom. The van der Waals surface area contributed by atoms with Crippen LogP contribution in [0.25, 0.3) is 10.2 Å². The number of hydrogen-bond acceptors (Lipinski definition) is 4. The van der Waals surface area contributed by atoms with Gasteiger partial charge in [-0.2, -0.15) is 0 Å². The van der Waals surface area contributed by atoms with Crippen molar-refractivity contribution in [2.75, 3.05) is 0 Å². The molecule has 0 aromatic carbocycles. The standard InChI is InChI=1S/C15H21N3O2S/c1-5-6-9(2)17-12(19)7-18-8-16-14-13(15(18)20)10(3)11(4)21-14/h8-9H,5-7H2,1-4H3,(H,17,19)/t9-/m0/s1. The predicted octanol–water partition coefficient (Wildman–Crippen LogP) is 2.38. The van der Waals surface area contributed by atoms with Gasteiger partial charge in [-0.25, -0.2) is 4.98 Å². The van der Waals surface area contributed by atoms with Gasteiger partial charge in [0.1, 0.15) is 11.4 Å². The van der Waals surface area contributed by atoms with Crippen molar-refractivity contribution in [1.82, 2.24) is 14.9 Å². The lowest BCUT2D eigenvalue weighted by Crippen LogP contribution is -2.37. The maximum atomic E-state index is 12.5. The Kier molecular flexibility index (Phi) is 4.77. The molecule has 2 aromatic heterocycles. The van der Waals surface area contributed by atoms with Crippen molar-refractivity contribution in [2.24, 2.45) is 0 Å². The first-order chi connectivity index (χ1) is 9.93. The topological polar surface area (TPSA) is 64.0 Å². The van der Waals surface area contributed by atoms with Crippen molar-refractivity contribution >= 4 is 27.5 Å². The number of carbonyl (C=O) groups is 1. The minimum absolute atomic E-state index is 0.0180. The second-order valence-corrected chi connectivity index (χ2v) is 6.60. The highest BCUT2D eigenvalue weighted by Crippen LogP contribution is 2.25. The van der Waals surface area contributed by atoms with Crippen LogP contribution >= 0.6 is 11.3 Å². The maximum Gasteiger partial charge on any atom is 0.262 e. The van der Waals surface area contributed by atoms with Crippen molar-refractivity contribution in [3.8, 4) is 0 Å². The Morgan fingerprint density at radius 2 is 2.19 bits per heavy atom. The van der Waals surface area contributed by atoms with Gasteiger partial charge in [0.2, 0.25) is 5.91 Å². The number of hydrogen-bond donors (Lipinski definition) is 1. The lowest BCUT2D eigenvalue weighted by Gasteiger charge is -2.13. The molecule has 2 aromatic rings. The maximum absolute atomic E-state index is 12.5. The summed E-state index contributed by atoms with van der Waals surface area (Å²) < 4.78 is 1.38. The Morgan fingerprint density at radius 1 is 1.48 bits per heavy atom. The molecule has 0 saturated heterocycles. The molecule has 2 heterocycles. The highest BCUT2D eigenvalue weighted by atomic mass is 32.1. The van der Waals surface area contributed by atoms with Crippen LogP contribution in [0.5, 0.6) is 0 Å². The van der Waals surface area contributed by atoms with E-state index in [1.807, 2.05) is 20.8 Å². The van der Waals surface area contributed by atoms with Gasteiger partial charge in [0.15, 0.2) is 0 Å². The number of aryl methyl sites for hydroxylation is 2. The molecular formula is C15H21N3O2S. The van der Waals surface area contributed by atoms with Crippen LogP contribution < -0.4 is 10.9 Å². The second-order valence-electron chi connectivity index (χ2n) is 5.40. The molecule has 21 heavy (non-hydrogen) atoms. The Bertz CT molecular complexity index is 718. The van der Waals surface area contributed by atoms with E-state index >= 15 is 0 Å². The van der Waals surface area contributed by atoms with Gasteiger partial charge in [-0.1, -0.05) is 13.3 Å². The Hall–Kier alpha value is -1.69. The summed E-state index contributed by atoms with van der Waals surface area (Å²) in [6.07, 6.45) is 3.41. The van der Waals surface area contributed by atoms with Gasteiger partial charge in [-0.15, -0.1) is 11.3 Å². The third-order valence-corrected chi connectivity index (χ3v) is 4.71. The third kappa shape index (κ3) is 3.32. The van der Waals surface area contributed by atoms with E-state index in [2.05, 4.69) is 17.2 Å². The van der Waals surface area contributed by atoms with Crippen LogP contribution in [0.1, 0.15) is 37.1 Å². The van der Waals surface area contributed by atoms with Crippen LogP contribution in [0.3, 0.4) is 0 Å². The zero-order chi connectivity index (χ0) is 15.6. The second kappa shape index (κ2) is 6.39. The predicted molar refractivity (Wildman–Crippen MR) is 85.9 cm³/mol. The first-order valence-corrected chi connectivity index (χ1v) is 8.00.